The van der Waals surface area contributed by atoms with E-state index in [1.54, 1.807) is 42.5 Å². The molecule has 0 spiro atoms. The predicted molar refractivity (Wildman–Crippen MR) is 121 cm³/mol. The zero-order valence-electron chi connectivity index (χ0n) is 15.9. The van der Waals surface area contributed by atoms with Crippen LogP contribution in [0.25, 0.3) is 11.3 Å². The average molecular weight is 465 g/mol. The van der Waals surface area contributed by atoms with Crippen molar-refractivity contribution in [1.82, 2.24) is 5.32 Å². The fourth-order valence-corrected chi connectivity index (χ4v) is 3.37. The molecule has 0 aliphatic carbocycles. The van der Waals surface area contributed by atoms with Gasteiger partial charge < -0.3 is 19.6 Å². The maximum Gasteiger partial charge on any atom is 0.257 e. The number of nitrogens with one attached hydrogen (secondary N) is 2. The maximum absolute atomic E-state index is 12.4. The van der Waals surface area contributed by atoms with Gasteiger partial charge in [0.1, 0.15) is 23.9 Å². The van der Waals surface area contributed by atoms with E-state index in [1.165, 1.54) is 6.07 Å². The Hall–Kier alpha value is -2.58. The molecule has 9 heteroatoms. The predicted octanol–water partition coefficient (Wildman–Crippen LogP) is 5.27. The van der Waals surface area contributed by atoms with Gasteiger partial charge in [0.25, 0.3) is 5.91 Å². The van der Waals surface area contributed by atoms with Crippen LogP contribution in [0.4, 0.5) is 5.69 Å². The highest BCUT2D eigenvalue weighted by Gasteiger charge is 2.13. The first-order valence-electron chi connectivity index (χ1n) is 8.95. The highest BCUT2D eigenvalue weighted by molar-refractivity contribution is 7.80. The van der Waals surface area contributed by atoms with Gasteiger partial charge in [0, 0.05) is 16.8 Å². The van der Waals surface area contributed by atoms with Crippen LogP contribution in [0, 0.1) is 0 Å². The number of furan rings is 1. The van der Waals surface area contributed by atoms with Crippen molar-refractivity contribution >= 4 is 52.1 Å². The molecule has 0 unspecified atom stereocenters. The first-order chi connectivity index (χ1) is 14.4. The zero-order chi connectivity index (χ0) is 21.7. The van der Waals surface area contributed by atoms with Crippen LogP contribution in [-0.4, -0.2) is 22.7 Å². The quantitative estimate of drug-likeness (QED) is 0.430. The van der Waals surface area contributed by atoms with E-state index in [1.807, 2.05) is 6.92 Å². The second-order valence-electron chi connectivity index (χ2n) is 6.11. The van der Waals surface area contributed by atoms with Gasteiger partial charge in [-0.25, -0.2) is 0 Å². The number of rotatable bonds is 6. The lowest BCUT2D eigenvalue weighted by Crippen LogP contribution is -2.34. The molecule has 0 saturated heterocycles. The molecule has 0 aliphatic heterocycles. The summed E-state index contributed by atoms with van der Waals surface area (Å²) in [5.74, 6) is 1.08. The van der Waals surface area contributed by atoms with Gasteiger partial charge in [0.2, 0.25) is 0 Å². The van der Waals surface area contributed by atoms with Crippen molar-refractivity contribution in [3.63, 3.8) is 0 Å². The summed E-state index contributed by atoms with van der Waals surface area (Å²) in [5, 5.41) is 15.5. The summed E-state index contributed by atoms with van der Waals surface area (Å²) < 4.78 is 10.9. The number of thiocarbonyl (C=S) groups is 1. The molecule has 3 rings (SSSR count). The van der Waals surface area contributed by atoms with E-state index >= 15 is 0 Å². The molecular weight excluding hydrogens is 447 g/mol. The SMILES string of the molecule is CCOc1ccc(C(=O)NC(=S)Nc2ccc(-c3ccc(CO)o3)c(Cl)c2)cc1Cl. The zero-order valence-corrected chi connectivity index (χ0v) is 18.2. The van der Waals surface area contributed by atoms with Crippen LogP contribution in [0.5, 0.6) is 5.75 Å². The Morgan fingerprint density at radius 3 is 2.57 bits per heavy atom. The molecule has 0 fully saturated rings. The number of aliphatic hydroxyl groups is 1. The van der Waals surface area contributed by atoms with E-state index in [4.69, 9.17) is 49.7 Å². The van der Waals surface area contributed by atoms with Gasteiger partial charge in [-0.15, -0.1) is 0 Å². The van der Waals surface area contributed by atoms with Crippen LogP contribution in [0.15, 0.2) is 52.9 Å². The summed E-state index contributed by atoms with van der Waals surface area (Å²) in [5.41, 5.74) is 1.60. The molecule has 30 heavy (non-hydrogen) atoms. The third-order valence-electron chi connectivity index (χ3n) is 4.03. The van der Waals surface area contributed by atoms with E-state index in [0.29, 0.717) is 50.7 Å². The Bertz CT molecular complexity index is 1080. The van der Waals surface area contributed by atoms with Crippen molar-refractivity contribution in [1.29, 1.82) is 0 Å². The number of hydrogen-bond acceptors (Lipinski definition) is 5. The van der Waals surface area contributed by atoms with Gasteiger partial charge in [-0.3, -0.25) is 10.1 Å². The van der Waals surface area contributed by atoms with E-state index in [9.17, 15) is 4.79 Å². The Morgan fingerprint density at radius 2 is 1.93 bits per heavy atom. The highest BCUT2D eigenvalue weighted by Crippen LogP contribution is 2.31. The van der Waals surface area contributed by atoms with Gasteiger partial charge in [-0.1, -0.05) is 23.2 Å². The molecule has 3 aromatic rings. The molecule has 3 N–H and O–H groups in total. The van der Waals surface area contributed by atoms with Crippen LogP contribution in [0.2, 0.25) is 10.0 Å². The third kappa shape index (κ3) is 5.31. The fourth-order valence-electron chi connectivity index (χ4n) is 2.65. The molecule has 0 bridgehead atoms. The molecule has 0 saturated carbocycles. The standard InChI is InChI=1S/C21H18Cl2N2O4S/c1-2-28-19-7-3-12(9-17(19)23)20(27)25-21(30)24-13-4-6-15(16(22)10-13)18-8-5-14(11-26)29-18/h3-10,26H,2,11H2,1H3,(H2,24,25,27,30). The number of aliphatic hydroxyl groups excluding tert-OH is 1. The monoisotopic (exact) mass is 464 g/mol. The highest BCUT2D eigenvalue weighted by atomic mass is 35.5. The normalized spacial score (nSPS) is 10.5. The summed E-state index contributed by atoms with van der Waals surface area (Å²) in [7, 11) is 0. The minimum atomic E-state index is -0.410. The molecule has 1 amide bonds. The first-order valence-corrected chi connectivity index (χ1v) is 10.1. The molecule has 1 heterocycles. The van der Waals surface area contributed by atoms with E-state index in [2.05, 4.69) is 10.6 Å². The number of hydrogen-bond donors (Lipinski definition) is 3. The minimum absolute atomic E-state index is 0.106. The molecule has 0 radical (unpaired) electrons. The van der Waals surface area contributed by atoms with Crippen LogP contribution < -0.4 is 15.4 Å². The van der Waals surface area contributed by atoms with Gasteiger partial charge in [0.05, 0.1) is 16.7 Å². The third-order valence-corrected chi connectivity index (χ3v) is 4.84. The molecule has 2 aromatic carbocycles. The number of amides is 1. The van der Waals surface area contributed by atoms with E-state index < -0.39 is 5.91 Å². The van der Waals surface area contributed by atoms with Gasteiger partial charge >= 0.3 is 0 Å². The lowest BCUT2D eigenvalue weighted by molar-refractivity contribution is 0.0977. The van der Waals surface area contributed by atoms with Crippen LogP contribution in [0.1, 0.15) is 23.0 Å². The van der Waals surface area contributed by atoms with Crippen molar-refractivity contribution < 1.29 is 19.1 Å². The summed E-state index contributed by atoms with van der Waals surface area (Å²) in [6.45, 7) is 2.13. The number of carbonyl (C=O) groups is 1. The summed E-state index contributed by atoms with van der Waals surface area (Å²) in [6, 6.07) is 13.3. The Labute approximate surface area is 188 Å². The van der Waals surface area contributed by atoms with Crippen molar-refractivity contribution in [2.75, 3.05) is 11.9 Å². The first kappa shape index (κ1) is 22.1. The number of ether oxygens (including phenoxy) is 1. The Balaban J connectivity index is 1.65. The van der Waals surface area contributed by atoms with E-state index in [-0.39, 0.29) is 11.7 Å². The maximum atomic E-state index is 12.4. The van der Waals surface area contributed by atoms with Gasteiger partial charge in [-0.05, 0) is 67.7 Å². The molecule has 1 aromatic heterocycles. The summed E-state index contributed by atoms with van der Waals surface area (Å²) >= 11 is 17.7. The lowest BCUT2D eigenvalue weighted by atomic mass is 10.1. The van der Waals surface area contributed by atoms with Crippen LogP contribution >= 0.6 is 35.4 Å². The smallest absolute Gasteiger partial charge is 0.257 e. The second kappa shape index (κ2) is 9.95. The average Bonchev–Trinajstić information content (AvgIpc) is 3.18. The number of halogens is 2. The largest absolute Gasteiger partial charge is 0.492 e. The van der Waals surface area contributed by atoms with Gasteiger partial charge in [0.15, 0.2) is 5.11 Å². The molecule has 0 aliphatic rings. The molecule has 156 valence electrons. The number of carbonyl (C=O) groups excluding carboxylic acids is 1. The topological polar surface area (TPSA) is 83.7 Å². The van der Waals surface area contributed by atoms with Crippen molar-refractivity contribution in [3.8, 4) is 17.1 Å². The van der Waals surface area contributed by atoms with Crippen molar-refractivity contribution in [2.45, 2.75) is 13.5 Å². The minimum Gasteiger partial charge on any atom is -0.492 e. The number of benzene rings is 2. The molecular formula is C21H18Cl2N2O4S. The fraction of sp³-hybridized carbons (Fsp3) is 0.143. The summed E-state index contributed by atoms with van der Waals surface area (Å²) in [6.07, 6.45) is 0. The Morgan fingerprint density at radius 1 is 1.13 bits per heavy atom. The van der Waals surface area contributed by atoms with Crippen molar-refractivity contribution in [3.05, 3.63) is 69.9 Å². The summed E-state index contributed by atoms with van der Waals surface area (Å²) in [4.78, 5) is 12.4. The molecule has 6 nitrogen and oxygen atoms in total. The Kier molecular flexibility index (Phi) is 7.33. The van der Waals surface area contributed by atoms with E-state index in [0.717, 1.165) is 0 Å². The molecule has 0 atom stereocenters. The van der Waals surface area contributed by atoms with Crippen molar-refractivity contribution in [2.24, 2.45) is 0 Å². The second-order valence-corrected chi connectivity index (χ2v) is 7.33. The lowest BCUT2D eigenvalue weighted by Gasteiger charge is -2.12. The van der Waals surface area contributed by atoms with Crippen LogP contribution in [0.3, 0.4) is 0 Å². The number of anilines is 1. The van der Waals surface area contributed by atoms with Crippen LogP contribution in [-0.2, 0) is 6.61 Å². The van der Waals surface area contributed by atoms with Gasteiger partial charge in [-0.2, -0.15) is 0 Å².